The highest BCUT2D eigenvalue weighted by atomic mass is 16.1. The first-order valence-electron chi connectivity index (χ1n) is 8.98. The number of rotatable bonds is 0. The Morgan fingerprint density at radius 2 is 1.86 bits per heavy atom. The van der Waals surface area contributed by atoms with Crippen molar-refractivity contribution in [1.82, 2.24) is 0 Å². The monoisotopic (exact) mass is 288 g/mol. The Bertz CT molecular complexity index is 496. The van der Waals surface area contributed by atoms with E-state index in [1.165, 1.54) is 32.1 Å². The molecule has 2 nitrogen and oxygen atoms in total. The van der Waals surface area contributed by atoms with Crippen LogP contribution in [-0.4, -0.2) is 11.6 Å². The highest BCUT2D eigenvalue weighted by molar-refractivity contribution is 5.85. The van der Waals surface area contributed by atoms with E-state index in [-0.39, 0.29) is 11.3 Å². The van der Waals surface area contributed by atoms with E-state index in [0.29, 0.717) is 35.2 Å². The van der Waals surface area contributed by atoms with Gasteiger partial charge in [-0.05, 0) is 60.7 Å². The molecule has 2 heteroatoms. The molecule has 0 aromatic rings. The molecule has 4 rings (SSSR count). The van der Waals surface area contributed by atoms with E-state index in [9.17, 15) is 9.59 Å². The molecule has 4 saturated carbocycles. The summed E-state index contributed by atoms with van der Waals surface area (Å²) in [5.41, 5.74) is 0.420. The van der Waals surface area contributed by atoms with Gasteiger partial charge < -0.3 is 0 Å². The van der Waals surface area contributed by atoms with Gasteiger partial charge in [-0.1, -0.05) is 20.3 Å². The van der Waals surface area contributed by atoms with Crippen molar-refractivity contribution >= 4 is 11.6 Å². The SMILES string of the molecule is C[C@]12CCC[C@@H]1[C@H]1CC[C@H]3CC(=O)CC[C@]3(C)[C@@H]1C(=O)C2. The predicted molar refractivity (Wildman–Crippen MR) is 81.7 cm³/mol. The molecule has 21 heavy (non-hydrogen) atoms. The molecule has 4 aliphatic rings. The fraction of sp³-hybridized carbons (Fsp3) is 0.895. The van der Waals surface area contributed by atoms with Crippen LogP contribution < -0.4 is 0 Å². The van der Waals surface area contributed by atoms with Gasteiger partial charge in [0.15, 0.2) is 0 Å². The molecule has 0 saturated heterocycles. The molecule has 0 bridgehead atoms. The summed E-state index contributed by atoms with van der Waals surface area (Å²) in [6, 6.07) is 0. The molecule has 0 aromatic carbocycles. The smallest absolute Gasteiger partial charge is 0.137 e. The minimum Gasteiger partial charge on any atom is -0.300 e. The molecule has 0 amide bonds. The molecule has 0 spiro atoms. The first-order chi connectivity index (χ1) is 9.94. The Kier molecular flexibility index (Phi) is 2.94. The zero-order valence-corrected chi connectivity index (χ0v) is 13.5. The van der Waals surface area contributed by atoms with Crippen molar-refractivity contribution in [3.63, 3.8) is 0 Å². The van der Waals surface area contributed by atoms with Crippen LogP contribution in [0.15, 0.2) is 0 Å². The summed E-state index contributed by atoms with van der Waals surface area (Å²) in [5, 5.41) is 0. The van der Waals surface area contributed by atoms with Crippen LogP contribution in [0.1, 0.15) is 71.6 Å². The van der Waals surface area contributed by atoms with E-state index < -0.39 is 0 Å². The quantitative estimate of drug-likeness (QED) is 0.670. The lowest BCUT2D eigenvalue weighted by atomic mass is 9.45. The third-order valence-electron chi connectivity index (χ3n) is 7.94. The van der Waals surface area contributed by atoms with Crippen molar-refractivity contribution in [2.24, 2.45) is 34.5 Å². The number of hydrogen-bond acceptors (Lipinski definition) is 2. The van der Waals surface area contributed by atoms with Gasteiger partial charge in [0.2, 0.25) is 0 Å². The highest BCUT2D eigenvalue weighted by Gasteiger charge is 2.60. The molecule has 0 unspecified atom stereocenters. The Balaban J connectivity index is 1.70. The van der Waals surface area contributed by atoms with Crippen LogP contribution in [0.2, 0.25) is 0 Å². The van der Waals surface area contributed by atoms with E-state index in [4.69, 9.17) is 0 Å². The van der Waals surface area contributed by atoms with Crippen LogP contribution in [0.25, 0.3) is 0 Å². The van der Waals surface area contributed by atoms with E-state index in [1.54, 1.807) is 0 Å². The minimum atomic E-state index is 0.123. The van der Waals surface area contributed by atoms with E-state index in [2.05, 4.69) is 13.8 Å². The van der Waals surface area contributed by atoms with E-state index in [1.807, 2.05) is 0 Å². The molecule has 4 aliphatic carbocycles. The van der Waals surface area contributed by atoms with Gasteiger partial charge in [-0.2, -0.15) is 0 Å². The lowest BCUT2D eigenvalue weighted by Crippen LogP contribution is -2.56. The van der Waals surface area contributed by atoms with Crippen LogP contribution in [0, 0.1) is 34.5 Å². The van der Waals surface area contributed by atoms with Crippen molar-refractivity contribution in [2.45, 2.75) is 71.6 Å². The maximum atomic E-state index is 13.0. The zero-order chi connectivity index (χ0) is 14.8. The predicted octanol–water partition coefficient (Wildman–Crippen LogP) is 4.17. The van der Waals surface area contributed by atoms with Crippen molar-refractivity contribution in [2.75, 3.05) is 0 Å². The van der Waals surface area contributed by atoms with Gasteiger partial charge in [0.25, 0.3) is 0 Å². The molecule has 6 atom stereocenters. The van der Waals surface area contributed by atoms with Gasteiger partial charge in [0.1, 0.15) is 11.6 Å². The Labute approximate surface area is 128 Å². The van der Waals surface area contributed by atoms with Gasteiger partial charge in [0, 0.05) is 25.2 Å². The first-order valence-corrected chi connectivity index (χ1v) is 8.98. The number of carbonyl (C=O) groups is 2. The summed E-state index contributed by atoms with van der Waals surface area (Å²) >= 11 is 0. The summed E-state index contributed by atoms with van der Waals surface area (Å²) in [6.07, 6.45) is 9.53. The molecule has 0 heterocycles. The fourth-order valence-electron chi connectivity index (χ4n) is 6.87. The van der Waals surface area contributed by atoms with Crippen LogP contribution in [0.4, 0.5) is 0 Å². The largest absolute Gasteiger partial charge is 0.300 e. The molecule has 0 aliphatic heterocycles. The second kappa shape index (κ2) is 4.43. The van der Waals surface area contributed by atoms with Gasteiger partial charge in [-0.15, -0.1) is 0 Å². The molecule has 0 aromatic heterocycles. The second-order valence-electron chi connectivity index (χ2n) is 8.96. The van der Waals surface area contributed by atoms with Crippen LogP contribution in [0.3, 0.4) is 0 Å². The Hall–Kier alpha value is -0.660. The second-order valence-corrected chi connectivity index (χ2v) is 8.96. The summed E-state index contributed by atoms with van der Waals surface area (Å²) in [4.78, 5) is 24.9. The number of hydrogen-bond donors (Lipinski definition) is 0. The van der Waals surface area contributed by atoms with Crippen LogP contribution in [-0.2, 0) is 9.59 Å². The summed E-state index contributed by atoms with van der Waals surface area (Å²) in [6.45, 7) is 4.72. The number of Topliss-reactive ketones (excluding diaryl/α,β-unsaturated/α-hetero) is 2. The fourth-order valence-corrected chi connectivity index (χ4v) is 6.87. The van der Waals surface area contributed by atoms with Gasteiger partial charge in [-0.3, -0.25) is 9.59 Å². The maximum absolute atomic E-state index is 13.0. The van der Waals surface area contributed by atoms with E-state index >= 15 is 0 Å². The summed E-state index contributed by atoms with van der Waals surface area (Å²) in [7, 11) is 0. The lowest BCUT2D eigenvalue weighted by Gasteiger charge is -2.58. The third kappa shape index (κ3) is 1.83. The number of ketones is 2. The third-order valence-corrected chi connectivity index (χ3v) is 7.94. The van der Waals surface area contributed by atoms with E-state index in [0.717, 1.165) is 25.2 Å². The van der Waals surface area contributed by atoms with Gasteiger partial charge >= 0.3 is 0 Å². The van der Waals surface area contributed by atoms with Crippen molar-refractivity contribution < 1.29 is 9.59 Å². The molecular formula is C19H28O2. The Morgan fingerprint density at radius 1 is 1.05 bits per heavy atom. The average Bonchev–Trinajstić information content (AvgIpc) is 2.80. The Morgan fingerprint density at radius 3 is 2.67 bits per heavy atom. The number of carbonyl (C=O) groups excluding carboxylic acids is 2. The van der Waals surface area contributed by atoms with Gasteiger partial charge in [0.05, 0.1) is 0 Å². The molecular weight excluding hydrogens is 260 g/mol. The average molecular weight is 288 g/mol. The standard InChI is InChI=1S/C19H28O2/c1-18-8-3-4-15(18)14-6-5-12-10-13(20)7-9-19(12,2)17(14)16(21)11-18/h12,14-15,17H,3-11H2,1-2H3/t12-,14+,15+,17-,18+,19-/m0/s1. The highest BCUT2D eigenvalue weighted by Crippen LogP contribution is 2.64. The zero-order valence-electron chi connectivity index (χ0n) is 13.5. The maximum Gasteiger partial charge on any atom is 0.137 e. The summed E-state index contributed by atoms with van der Waals surface area (Å²) in [5.74, 6) is 3.12. The molecule has 0 N–H and O–H groups in total. The first kappa shape index (κ1) is 14.0. The molecule has 0 radical (unpaired) electrons. The topological polar surface area (TPSA) is 34.1 Å². The minimum absolute atomic E-state index is 0.123. The van der Waals surface area contributed by atoms with Crippen molar-refractivity contribution in [1.29, 1.82) is 0 Å². The van der Waals surface area contributed by atoms with Crippen molar-refractivity contribution in [3.8, 4) is 0 Å². The molecule has 116 valence electrons. The molecule has 4 fully saturated rings. The van der Waals surface area contributed by atoms with Crippen LogP contribution >= 0.6 is 0 Å². The van der Waals surface area contributed by atoms with Crippen LogP contribution in [0.5, 0.6) is 0 Å². The number of fused-ring (bicyclic) bond motifs is 5. The normalized spacial score (nSPS) is 53.0. The lowest BCUT2D eigenvalue weighted by molar-refractivity contribution is -0.158. The van der Waals surface area contributed by atoms with Gasteiger partial charge in [-0.25, -0.2) is 0 Å². The van der Waals surface area contributed by atoms with Crippen molar-refractivity contribution in [3.05, 3.63) is 0 Å². The summed E-state index contributed by atoms with van der Waals surface area (Å²) < 4.78 is 0.